The first-order chi connectivity index (χ1) is 13.0. The molecule has 1 atom stereocenters. The Morgan fingerprint density at radius 2 is 2.07 bits per heavy atom. The minimum atomic E-state index is -0.366. The summed E-state index contributed by atoms with van der Waals surface area (Å²) in [5, 5.41) is 4.94. The van der Waals surface area contributed by atoms with Crippen molar-refractivity contribution < 1.29 is 14.1 Å². The Morgan fingerprint density at radius 1 is 1.26 bits per heavy atom. The first-order valence-electron chi connectivity index (χ1n) is 9.13. The molecule has 3 aromatic rings. The third kappa shape index (κ3) is 3.30. The van der Waals surface area contributed by atoms with Crippen LogP contribution in [0.4, 0.5) is 0 Å². The molecule has 3 heterocycles. The van der Waals surface area contributed by atoms with Gasteiger partial charge in [-0.1, -0.05) is 37.2 Å². The van der Waals surface area contributed by atoms with Gasteiger partial charge in [-0.2, -0.15) is 4.98 Å². The molecule has 2 aromatic heterocycles. The minimum absolute atomic E-state index is 0.0686. The van der Waals surface area contributed by atoms with E-state index in [9.17, 15) is 4.79 Å². The van der Waals surface area contributed by atoms with E-state index in [0.29, 0.717) is 37.0 Å². The summed E-state index contributed by atoms with van der Waals surface area (Å²) >= 11 is 0. The highest BCUT2D eigenvalue weighted by Gasteiger charge is 2.33. The molecule has 0 saturated carbocycles. The molecule has 4 rings (SSSR count). The second kappa shape index (κ2) is 7.08. The van der Waals surface area contributed by atoms with Crippen molar-refractivity contribution in [2.45, 2.75) is 32.7 Å². The third-order valence-corrected chi connectivity index (χ3v) is 4.71. The van der Waals surface area contributed by atoms with E-state index in [1.54, 1.807) is 4.90 Å². The number of pyridine rings is 1. The van der Waals surface area contributed by atoms with Gasteiger partial charge in [0.2, 0.25) is 5.89 Å². The number of hydrogen-bond donors (Lipinski definition) is 0. The van der Waals surface area contributed by atoms with Crippen molar-refractivity contribution in [1.29, 1.82) is 0 Å². The highest BCUT2D eigenvalue weighted by Crippen LogP contribution is 2.28. The van der Waals surface area contributed by atoms with Crippen LogP contribution in [0.15, 0.2) is 34.9 Å². The van der Waals surface area contributed by atoms with Gasteiger partial charge in [0.1, 0.15) is 6.04 Å². The molecule has 140 valence electrons. The molecule has 1 fully saturated rings. The Kier molecular flexibility index (Phi) is 4.61. The molecule has 1 aliphatic heterocycles. The summed E-state index contributed by atoms with van der Waals surface area (Å²) in [4.78, 5) is 24.2. The van der Waals surface area contributed by atoms with Crippen LogP contribution < -0.4 is 0 Å². The van der Waals surface area contributed by atoms with E-state index in [1.807, 2.05) is 51.1 Å². The number of aryl methyl sites for hydroxylation is 1. The van der Waals surface area contributed by atoms with E-state index < -0.39 is 0 Å². The maximum absolute atomic E-state index is 13.4. The topological polar surface area (TPSA) is 81.4 Å². The summed E-state index contributed by atoms with van der Waals surface area (Å²) in [6, 6.07) is 9.16. The normalized spacial score (nSPS) is 17.6. The first-order valence-corrected chi connectivity index (χ1v) is 9.13. The van der Waals surface area contributed by atoms with Crippen LogP contribution in [-0.2, 0) is 4.74 Å². The van der Waals surface area contributed by atoms with Crippen molar-refractivity contribution in [2.24, 2.45) is 0 Å². The fourth-order valence-electron chi connectivity index (χ4n) is 3.32. The van der Waals surface area contributed by atoms with Gasteiger partial charge < -0.3 is 14.2 Å². The van der Waals surface area contributed by atoms with Gasteiger partial charge in [0.15, 0.2) is 5.82 Å². The summed E-state index contributed by atoms with van der Waals surface area (Å²) < 4.78 is 10.9. The molecule has 1 saturated heterocycles. The van der Waals surface area contributed by atoms with Crippen molar-refractivity contribution in [3.8, 4) is 0 Å². The Bertz CT molecular complexity index is 982. The van der Waals surface area contributed by atoms with Gasteiger partial charge in [0, 0.05) is 23.5 Å². The molecule has 27 heavy (non-hydrogen) atoms. The fourth-order valence-corrected chi connectivity index (χ4v) is 3.32. The van der Waals surface area contributed by atoms with Crippen LogP contribution in [0.2, 0.25) is 0 Å². The predicted molar refractivity (Wildman–Crippen MR) is 99.5 cm³/mol. The summed E-state index contributed by atoms with van der Waals surface area (Å²) in [6.45, 7) is 7.19. The molecule has 7 heteroatoms. The number of amides is 1. The number of benzene rings is 1. The van der Waals surface area contributed by atoms with Crippen molar-refractivity contribution in [1.82, 2.24) is 20.0 Å². The third-order valence-electron chi connectivity index (χ3n) is 4.71. The van der Waals surface area contributed by atoms with Crippen molar-refractivity contribution in [2.75, 3.05) is 19.8 Å². The van der Waals surface area contributed by atoms with Crippen LogP contribution >= 0.6 is 0 Å². The number of aromatic nitrogens is 3. The number of rotatable bonds is 3. The zero-order chi connectivity index (χ0) is 19.0. The van der Waals surface area contributed by atoms with E-state index in [2.05, 4.69) is 15.1 Å². The molecular formula is C20H22N4O3. The molecular weight excluding hydrogens is 344 g/mol. The number of hydrogen-bond acceptors (Lipinski definition) is 6. The fraction of sp³-hybridized carbons (Fsp3) is 0.400. The molecule has 1 aromatic carbocycles. The van der Waals surface area contributed by atoms with Gasteiger partial charge in [0.05, 0.1) is 24.3 Å². The van der Waals surface area contributed by atoms with Crippen molar-refractivity contribution >= 4 is 16.8 Å². The monoisotopic (exact) mass is 366 g/mol. The lowest BCUT2D eigenvalue weighted by Gasteiger charge is -2.34. The first kappa shape index (κ1) is 17.6. The largest absolute Gasteiger partial charge is 0.377 e. The van der Waals surface area contributed by atoms with Crippen LogP contribution in [0.5, 0.6) is 0 Å². The summed E-state index contributed by atoms with van der Waals surface area (Å²) in [6.07, 6.45) is 0. The lowest BCUT2D eigenvalue weighted by Crippen LogP contribution is -2.44. The smallest absolute Gasteiger partial charge is 0.255 e. The zero-order valence-electron chi connectivity index (χ0n) is 15.7. The van der Waals surface area contributed by atoms with Crippen LogP contribution in [0.25, 0.3) is 10.9 Å². The van der Waals surface area contributed by atoms with E-state index in [1.165, 1.54) is 0 Å². The number of ether oxygens (including phenoxy) is 1. The molecule has 0 bridgehead atoms. The van der Waals surface area contributed by atoms with Crippen molar-refractivity contribution in [3.63, 3.8) is 0 Å². The standard InChI is InChI=1S/C20H22N4O3/c1-12(2)19-22-18(23-27-19)17-11-26-9-8-24(17)20(25)15-10-13(3)21-16-7-5-4-6-14(15)16/h4-7,10,12,17H,8-9,11H2,1-3H3. The highest BCUT2D eigenvalue weighted by molar-refractivity contribution is 6.06. The SMILES string of the molecule is Cc1cc(C(=O)N2CCOCC2c2noc(C(C)C)n2)c2ccccc2n1. The van der Waals surface area contributed by atoms with Crippen molar-refractivity contribution in [3.05, 3.63) is 53.3 Å². The van der Waals surface area contributed by atoms with E-state index in [4.69, 9.17) is 9.26 Å². The number of fused-ring (bicyclic) bond motifs is 1. The van der Waals surface area contributed by atoms with Gasteiger partial charge in [-0.3, -0.25) is 9.78 Å². The van der Waals surface area contributed by atoms with E-state index in [0.717, 1.165) is 16.6 Å². The molecule has 1 amide bonds. The van der Waals surface area contributed by atoms with Gasteiger partial charge in [0.25, 0.3) is 5.91 Å². The number of carbonyl (C=O) groups excluding carboxylic acids is 1. The van der Waals surface area contributed by atoms with Crippen LogP contribution in [0.3, 0.4) is 0 Å². The Labute approximate surface area is 157 Å². The molecule has 7 nitrogen and oxygen atoms in total. The maximum Gasteiger partial charge on any atom is 0.255 e. The Balaban J connectivity index is 1.73. The molecule has 0 spiro atoms. The van der Waals surface area contributed by atoms with Gasteiger partial charge in [-0.05, 0) is 19.1 Å². The van der Waals surface area contributed by atoms with Crippen LogP contribution in [-0.4, -0.2) is 45.7 Å². The van der Waals surface area contributed by atoms with Gasteiger partial charge in [-0.15, -0.1) is 0 Å². The molecule has 1 aliphatic rings. The quantitative estimate of drug-likeness (QED) is 0.708. The molecule has 1 unspecified atom stereocenters. The van der Waals surface area contributed by atoms with Crippen LogP contribution in [0, 0.1) is 6.92 Å². The lowest BCUT2D eigenvalue weighted by molar-refractivity contribution is -0.00567. The highest BCUT2D eigenvalue weighted by atomic mass is 16.5. The van der Waals surface area contributed by atoms with Crippen LogP contribution in [0.1, 0.15) is 53.6 Å². The Morgan fingerprint density at radius 3 is 2.85 bits per heavy atom. The number of morpholine rings is 1. The van der Waals surface area contributed by atoms with E-state index >= 15 is 0 Å². The number of nitrogens with zero attached hydrogens (tertiary/aromatic N) is 4. The number of para-hydroxylation sites is 1. The summed E-state index contributed by atoms with van der Waals surface area (Å²) in [7, 11) is 0. The predicted octanol–water partition coefficient (Wildman–Crippen LogP) is 3.26. The maximum atomic E-state index is 13.4. The van der Waals surface area contributed by atoms with Gasteiger partial charge in [-0.25, -0.2) is 0 Å². The van der Waals surface area contributed by atoms with E-state index in [-0.39, 0.29) is 17.9 Å². The molecule has 0 radical (unpaired) electrons. The Hall–Kier alpha value is -2.80. The zero-order valence-corrected chi connectivity index (χ0v) is 15.7. The molecule has 0 N–H and O–H groups in total. The van der Waals surface area contributed by atoms with Gasteiger partial charge >= 0.3 is 0 Å². The average molecular weight is 366 g/mol. The second-order valence-electron chi connectivity index (χ2n) is 7.06. The lowest BCUT2D eigenvalue weighted by atomic mass is 10.0. The summed E-state index contributed by atoms with van der Waals surface area (Å²) in [5.41, 5.74) is 2.26. The average Bonchev–Trinajstić information content (AvgIpc) is 3.17. The summed E-state index contributed by atoms with van der Waals surface area (Å²) in [5.74, 6) is 1.11. The second-order valence-corrected chi connectivity index (χ2v) is 7.06. The minimum Gasteiger partial charge on any atom is -0.377 e. The molecule has 0 aliphatic carbocycles. The number of carbonyl (C=O) groups is 1.